The van der Waals surface area contributed by atoms with Crippen molar-refractivity contribution in [3.63, 3.8) is 0 Å². The van der Waals surface area contributed by atoms with Crippen molar-refractivity contribution in [2.24, 2.45) is 0 Å². The summed E-state index contributed by atoms with van der Waals surface area (Å²) in [6.45, 7) is 4.36. The monoisotopic (exact) mass is 271 g/mol. The second kappa shape index (κ2) is 8.24. The molecular formula is C13H21NO3S. The van der Waals surface area contributed by atoms with Gasteiger partial charge in [-0.1, -0.05) is 6.92 Å². The van der Waals surface area contributed by atoms with Gasteiger partial charge < -0.3 is 14.4 Å². The molecule has 1 amide bonds. The molecule has 0 aliphatic heterocycles. The maximum atomic E-state index is 12.3. The molecule has 0 atom stereocenters. The summed E-state index contributed by atoms with van der Waals surface area (Å²) < 4.78 is 10.1. The van der Waals surface area contributed by atoms with Gasteiger partial charge in [0, 0.05) is 37.6 Å². The fraction of sp³-hybridized carbons (Fsp3) is 0.615. The van der Waals surface area contributed by atoms with Crippen molar-refractivity contribution in [2.75, 3.05) is 40.5 Å². The zero-order chi connectivity index (χ0) is 13.4. The van der Waals surface area contributed by atoms with Crippen molar-refractivity contribution in [3.8, 4) is 0 Å². The Bertz CT molecular complexity index is 357. The number of thiophene rings is 1. The van der Waals surface area contributed by atoms with Crippen LogP contribution in [0.1, 0.15) is 22.2 Å². The van der Waals surface area contributed by atoms with Crippen molar-refractivity contribution in [1.29, 1.82) is 0 Å². The van der Waals surface area contributed by atoms with Gasteiger partial charge in [0.05, 0.1) is 18.8 Å². The van der Waals surface area contributed by atoms with Crippen LogP contribution in [0, 0.1) is 0 Å². The lowest BCUT2D eigenvalue weighted by Crippen LogP contribution is -2.36. The third kappa shape index (κ3) is 4.40. The average molecular weight is 271 g/mol. The standard InChI is InChI=1S/C13H21NO3S/c1-4-12-9-11(10-18-12)13(15)14(5-7-16-2)6-8-17-3/h9-10H,4-8H2,1-3H3. The molecule has 0 fully saturated rings. The highest BCUT2D eigenvalue weighted by Gasteiger charge is 2.16. The summed E-state index contributed by atoms with van der Waals surface area (Å²) in [7, 11) is 3.28. The Morgan fingerprint density at radius 3 is 2.33 bits per heavy atom. The second-order valence-electron chi connectivity index (χ2n) is 3.93. The maximum Gasteiger partial charge on any atom is 0.254 e. The van der Waals surface area contributed by atoms with Gasteiger partial charge in [-0.25, -0.2) is 0 Å². The quantitative estimate of drug-likeness (QED) is 0.726. The number of ether oxygens (including phenoxy) is 2. The van der Waals surface area contributed by atoms with Crippen LogP contribution < -0.4 is 0 Å². The van der Waals surface area contributed by atoms with Gasteiger partial charge in [-0.2, -0.15) is 0 Å². The van der Waals surface area contributed by atoms with Gasteiger partial charge in [0.25, 0.3) is 5.91 Å². The number of hydrogen-bond donors (Lipinski definition) is 0. The first-order valence-electron chi connectivity index (χ1n) is 6.07. The van der Waals surface area contributed by atoms with Crippen LogP contribution >= 0.6 is 11.3 Å². The van der Waals surface area contributed by atoms with Crippen molar-refractivity contribution in [2.45, 2.75) is 13.3 Å². The normalized spacial score (nSPS) is 10.6. The molecule has 1 rings (SSSR count). The minimum Gasteiger partial charge on any atom is -0.383 e. The zero-order valence-electron chi connectivity index (χ0n) is 11.3. The predicted molar refractivity (Wildman–Crippen MR) is 73.4 cm³/mol. The highest BCUT2D eigenvalue weighted by atomic mass is 32.1. The minimum absolute atomic E-state index is 0.0556. The summed E-state index contributed by atoms with van der Waals surface area (Å²) >= 11 is 1.63. The Kier molecular flexibility index (Phi) is 6.93. The van der Waals surface area contributed by atoms with E-state index in [1.54, 1.807) is 30.5 Å². The van der Waals surface area contributed by atoms with E-state index in [0.29, 0.717) is 26.3 Å². The van der Waals surface area contributed by atoms with E-state index < -0.39 is 0 Å². The molecule has 5 heteroatoms. The Balaban J connectivity index is 2.67. The zero-order valence-corrected chi connectivity index (χ0v) is 12.1. The van der Waals surface area contributed by atoms with E-state index in [2.05, 4.69) is 6.92 Å². The molecule has 0 aromatic carbocycles. The largest absolute Gasteiger partial charge is 0.383 e. The van der Waals surface area contributed by atoms with Crippen LogP contribution in [0.5, 0.6) is 0 Å². The van der Waals surface area contributed by atoms with Crippen molar-refractivity contribution < 1.29 is 14.3 Å². The van der Waals surface area contributed by atoms with Crippen LogP contribution in [0.25, 0.3) is 0 Å². The molecular weight excluding hydrogens is 250 g/mol. The number of rotatable bonds is 8. The first-order chi connectivity index (χ1) is 8.72. The van der Waals surface area contributed by atoms with Gasteiger partial charge in [-0.05, 0) is 12.5 Å². The minimum atomic E-state index is 0.0556. The number of methoxy groups -OCH3 is 2. The SMILES string of the molecule is CCc1cc(C(=O)N(CCOC)CCOC)cs1. The third-order valence-corrected chi connectivity index (χ3v) is 3.75. The van der Waals surface area contributed by atoms with E-state index in [1.807, 2.05) is 11.4 Å². The highest BCUT2D eigenvalue weighted by Crippen LogP contribution is 2.16. The van der Waals surface area contributed by atoms with Gasteiger partial charge in [-0.15, -0.1) is 11.3 Å². The summed E-state index contributed by atoms with van der Waals surface area (Å²) in [5, 5.41) is 1.92. The van der Waals surface area contributed by atoms with E-state index >= 15 is 0 Å². The molecule has 0 N–H and O–H groups in total. The fourth-order valence-electron chi connectivity index (χ4n) is 1.58. The molecule has 4 nitrogen and oxygen atoms in total. The lowest BCUT2D eigenvalue weighted by Gasteiger charge is -2.21. The van der Waals surface area contributed by atoms with Crippen LogP contribution in [0.2, 0.25) is 0 Å². The Morgan fingerprint density at radius 1 is 1.28 bits per heavy atom. The van der Waals surface area contributed by atoms with Crippen LogP contribution in [-0.2, 0) is 15.9 Å². The Hall–Kier alpha value is -0.910. The molecule has 1 aromatic rings. The number of aryl methyl sites for hydroxylation is 1. The summed E-state index contributed by atoms with van der Waals surface area (Å²) in [5.74, 6) is 0.0556. The first kappa shape index (κ1) is 15.1. The Labute approximate surface area is 113 Å². The fourth-order valence-corrected chi connectivity index (χ4v) is 2.39. The number of carbonyl (C=O) groups is 1. The topological polar surface area (TPSA) is 38.8 Å². The van der Waals surface area contributed by atoms with Crippen molar-refractivity contribution in [1.82, 2.24) is 4.90 Å². The molecule has 18 heavy (non-hydrogen) atoms. The van der Waals surface area contributed by atoms with Crippen LogP contribution in [-0.4, -0.2) is 51.3 Å². The molecule has 0 bridgehead atoms. The first-order valence-corrected chi connectivity index (χ1v) is 6.95. The molecule has 0 aliphatic rings. The summed E-state index contributed by atoms with van der Waals surface area (Å²) in [5.41, 5.74) is 0.768. The summed E-state index contributed by atoms with van der Waals surface area (Å²) in [4.78, 5) is 15.3. The van der Waals surface area contributed by atoms with Gasteiger partial charge >= 0.3 is 0 Å². The molecule has 1 heterocycles. The van der Waals surface area contributed by atoms with Gasteiger partial charge in [0.2, 0.25) is 0 Å². The van der Waals surface area contributed by atoms with E-state index in [0.717, 1.165) is 12.0 Å². The van der Waals surface area contributed by atoms with Crippen molar-refractivity contribution in [3.05, 3.63) is 21.9 Å². The van der Waals surface area contributed by atoms with E-state index in [-0.39, 0.29) is 5.91 Å². The molecule has 102 valence electrons. The number of nitrogens with zero attached hydrogens (tertiary/aromatic N) is 1. The lowest BCUT2D eigenvalue weighted by molar-refractivity contribution is 0.0628. The number of carbonyl (C=O) groups excluding carboxylic acids is 1. The van der Waals surface area contributed by atoms with Crippen LogP contribution in [0.4, 0.5) is 0 Å². The molecule has 0 radical (unpaired) electrons. The van der Waals surface area contributed by atoms with Gasteiger partial charge in [-0.3, -0.25) is 4.79 Å². The smallest absolute Gasteiger partial charge is 0.254 e. The van der Waals surface area contributed by atoms with E-state index in [4.69, 9.17) is 9.47 Å². The van der Waals surface area contributed by atoms with E-state index in [1.165, 1.54) is 4.88 Å². The number of amides is 1. The Morgan fingerprint density at radius 2 is 1.89 bits per heavy atom. The highest BCUT2D eigenvalue weighted by molar-refractivity contribution is 7.10. The summed E-state index contributed by atoms with van der Waals surface area (Å²) in [6, 6.07) is 1.97. The van der Waals surface area contributed by atoms with Crippen LogP contribution in [0.15, 0.2) is 11.4 Å². The third-order valence-electron chi connectivity index (χ3n) is 2.67. The maximum absolute atomic E-state index is 12.3. The van der Waals surface area contributed by atoms with E-state index in [9.17, 15) is 4.79 Å². The molecule has 0 saturated carbocycles. The van der Waals surface area contributed by atoms with Crippen LogP contribution in [0.3, 0.4) is 0 Å². The van der Waals surface area contributed by atoms with Crippen molar-refractivity contribution >= 4 is 17.2 Å². The number of hydrogen-bond acceptors (Lipinski definition) is 4. The molecule has 0 saturated heterocycles. The molecule has 0 spiro atoms. The van der Waals surface area contributed by atoms with Gasteiger partial charge in [0.15, 0.2) is 0 Å². The predicted octanol–water partition coefficient (Wildman–Crippen LogP) is 2.05. The summed E-state index contributed by atoms with van der Waals surface area (Å²) in [6.07, 6.45) is 0.966. The second-order valence-corrected chi connectivity index (χ2v) is 4.93. The molecule has 0 unspecified atom stereocenters. The molecule has 1 aromatic heterocycles. The average Bonchev–Trinajstić information content (AvgIpc) is 2.87. The van der Waals surface area contributed by atoms with Gasteiger partial charge in [0.1, 0.15) is 0 Å². The lowest BCUT2D eigenvalue weighted by atomic mass is 10.2. The molecule has 0 aliphatic carbocycles.